The van der Waals surface area contributed by atoms with Gasteiger partial charge < -0.3 is 5.73 Å². The monoisotopic (exact) mass is 256 g/mol. The second kappa shape index (κ2) is 4.38. The predicted molar refractivity (Wildman–Crippen MR) is 50.1 cm³/mol. The molecule has 8 heteroatoms. The molecule has 1 aromatic heterocycles. The highest BCUT2D eigenvalue weighted by Crippen LogP contribution is 2.23. The Labute approximate surface area is 89.5 Å². The van der Waals surface area contributed by atoms with Crippen molar-refractivity contribution in [1.29, 1.82) is 0 Å². The fraction of sp³-hybridized carbons (Fsp3) is 0.286. The normalized spacial score (nSPS) is 12.1. The first-order valence-electron chi connectivity index (χ1n) is 3.79. The lowest BCUT2D eigenvalue weighted by Crippen LogP contribution is -2.07. The van der Waals surface area contributed by atoms with Crippen LogP contribution in [0.15, 0.2) is 17.2 Å². The van der Waals surface area contributed by atoms with Crippen molar-refractivity contribution in [3.8, 4) is 0 Å². The van der Waals surface area contributed by atoms with Crippen LogP contribution in [0.4, 0.5) is 8.78 Å². The van der Waals surface area contributed by atoms with E-state index in [4.69, 9.17) is 16.4 Å². The minimum Gasteiger partial charge on any atom is -0.326 e. The van der Waals surface area contributed by atoms with Gasteiger partial charge in [-0.3, -0.25) is 0 Å². The summed E-state index contributed by atoms with van der Waals surface area (Å²) >= 11 is 0. The third-order valence-corrected chi connectivity index (χ3v) is 2.86. The summed E-state index contributed by atoms with van der Waals surface area (Å²) in [6, 6.07) is 2.21. The molecule has 0 fully saturated rings. The van der Waals surface area contributed by atoms with Gasteiger partial charge in [-0.15, -0.1) is 0 Å². The molecule has 15 heavy (non-hydrogen) atoms. The SMILES string of the molecule is NCc1ccc(S(=O)(=O)Cl)nc1C(F)F. The molecule has 1 aromatic rings. The Hall–Kier alpha value is -0.790. The number of hydrogen-bond donors (Lipinski definition) is 1. The van der Waals surface area contributed by atoms with Crippen molar-refractivity contribution in [3.63, 3.8) is 0 Å². The molecule has 1 heterocycles. The molecular formula is C7H7ClF2N2O2S. The number of alkyl halides is 2. The lowest BCUT2D eigenvalue weighted by Gasteiger charge is -2.06. The topological polar surface area (TPSA) is 73.1 Å². The Balaban J connectivity index is 3.35. The molecule has 0 amide bonds. The van der Waals surface area contributed by atoms with Crippen molar-refractivity contribution >= 4 is 19.7 Å². The molecule has 0 aliphatic carbocycles. The first-order chi connectivity index (χ1) is 6.86. The summed E-state index contributed by atoms with van der Waals surface area (Å²) in [5.74, 6) is 0. The zero-order valence-electron chi connectivity index (χ0n) is 7.32. The van der Waals surface area contributed by atoms with Gasteiger partial charge >= 0.3 is 0 Å². The number of aromatic nitrogens is 1. The van der Waals surface area contributed by atoms with Crippen LogP contribution < -0.4 is 5.73 Å². The highest BCUT2D eigenvalue weighted by atomic mass is 35.7. The molecule has 84 valence electrons. The van der Waals surface area contributed by atoms with Crippen LogP contribution in [-0.4, -0.2) is 13.4 Å². The van der Waals surface area contributed by atoms with Gasteiger partial charge in [0, 0.05) is 17.2 Å². The number of nitrogens with two attached hydrogens (primary N) is 1. The maximum atomic E-state index is 12.4. The van der Waals surface area contributed by atoms with Crippen LogP contribution in [0.5, 0.6) is 0 Å². The Bertz CT molecular complexity index is 464. The Morgan fingerprint density at radius 1 is 1.47 bits per heavy atom. The largest absolute Gasteiger partial charge is 0.326 e. The number of halogens is 3. The lowest BCUT2D eigenvalue weighted by molar-refractivity contribution is 0.144. The predicted octanol–water partition coefficient (Wildman–Crippen LogP) is 1.41. The van der Waals surface area contributed by atoms with Gasteiger partial charge in [-0.25, -0.2) is 22.2 Å². The fourth-order valence-corrected chi connectivity index (χ4v) is 1.68. The van der Waals surface area contributed by atoms with Gasteiger partial charge in [0.2, 0.25) is 0 Å². The summed E-state index contributed by atoms with van der Waals surface area (Å²) in [7, 11) is 0.867. The van der Waals surface area contributed by atoms with E-state index in [9.17, 15) is 17.2 Å². The molecule has 1 rings (SSSR count). The van der Waals surface area contributed by atoms with Gasteiger partial charge in [-0.05, 0) is 11.6 Å². The van der Waals surface area contributed by atoms with Crippen LogP contribution in [0.2, 0.25) is 0 Å². The van der Waals surface area contributed by atoms with Gasteiger partial charge in [-0.2, -0.15) is 0 Å². The second-order valence-electron chi connectivity index (χ2n) is 2.64. The van der Waals surface area contributed by atoms with E-state index in [1.54, 1.807) is 0 Å². The highest BCUT2D eigenvalue weighted by molar-refractivity contribution is 8.13. The number of pyridine rings is 1. The standard InChI is InChI=1S/C7H7ClF2N2O2S/c8-15(13,14)5-2-1-4(3-11)6(12-5)7(9)10/h1-2,7H,3,11H2. The maximum absolute atomic E-state index is 12.4. The molecule has 0 radical (unpaired) electrons. The van der Waals surface area contributed by atoms with E-state index in [1.807, 2.05) is 0 Å². The first-order valence-corrected chi connectivity index (χ1v) is 6.10. The summed E-state index contributed by atoms with van der Waals surface area (Å²) < 4.78 is 46.5. The minimum atomic E-state index is -4.10. The van der Waals surface area contributed by atoms with E-state index in [0.29, 0.717) is 0 Å². The number of nitrogens with zero attached hydrogens (tertiary/aromatic N) is 1. The van der Waals surface area contributed by atoms with Gasteiger partial charge in [0.15, 0.2) is 5.03 Å². The van der Waals surface area contributed by atoms with Crippen LogP contribution in [-0.2, 0) is 15.6 Å². The van der Waals surface area contributed by atoms with Crippen LogP contribution >= 0.6 is 10.7 Å². The van der Waals surface area contributed by atoms with E-state index in [-0.39, 0.29) is 12.1 Å². The molecule has 0 bridgehead atoms. The Morgan fingerprint density at radius 2 is 2.07 bits per heavy atom. The zero-order chi connectivity index (χ0) is 11.6. The summed E-state index contributed by atoms with van der Waals surface area (Å²) in [6.45, 7) is -0.144. The summed E-state index contributed by atoms with van der Waals surface area (Å²) in [5, 5.41) is -0.600. The van der Waals surface area contributed by atoms with Crippen molar-refractivity contribution in [2.45, 2.75) is 18.0 Å². The summed E-state index contributed by atoms with van der Waals surface area (Å²) in [6.07, 6.45) is -2.89. The van der Waals surface area contributed by atoms with E-state index >= 15 is 0 Å². The zero-order valence-corrected chi connectivity index (χ0v) is 8.89. The van der Waals surface area contributed by atoms with Gasteiger partial charge in [0.1, 0.15) is 5.69 Å². The van der Waals surface area contributed by atoms with Crippen LogP contribution in [0.3, 0.4) is 0 Å². The van der Waals surface area contributed by atoms with Crippen molar-refractivity contribution in [2.75, 3.05) is 0 Å². The minimum absolute atomic E-state index is 0.0917. The molecule has 0 aliphatic rings. The molecule has 4 nitrogen and oxygen atoms in total. The Morgan fingerprint density at radius 3 is 2.47 bits per heavy atom. The van der Waals surface area contributed by atoms with Crippen molar-refractivity contribution in [2.24, 2.45) is 5.73 Å². The van der Waals surface area contributed by atoms with Crippen molar-refractivity contribution in [1.82, 2.24) is 4.98 Å². The second-order valence-corrected chi connectivity index (χ2v) is 5.15. The van der Waals surface area contributed by atoms with Gasteiger partial charge in [0.05, 0.1) is 0 Å². The number of hydrogen-bond acceptors (Lipinski definition) is 4. The molecular weight excluding hydrogens is 250 g/mol. The average molecular weight is 257 g/mol. The number of rotatable bonds is 3. The van der Waals surface area contributed by atoms with E-state index in [2.05, 4.69) is 4.98 Å². The molecule has 0 saturated carbocycles. The van der Waals surface area contributed by atoms with Crippen molar-refractivity contribution < 1.29 is 17.2 Å². The van der Waals surface area contributed by atoms with E-state index in [1.165, 1.54) is 6.07 Å². The third-order valence-electron chi connectivity index (χ3n) is 1.66. The summed E-state index contributed by atoms with van der Waals surface area (Å²) in [5.41, 5.74) is 4.63. The molecule has 0 spiro atoms. The molecule has 0 aromatic carbocycles. The molecule has 2 N–H and O–H groups in total. The highest BCUT2D eigenvalue weighted by Gasteiger charge is 2.19. The van der Waals surface area contributed by atoms with E-state index in [0.717, 1.165) is 6.07 Å². The van der Waals surface area contributed by atoms with Crippen LogP contribution in [0, 0.1) is 0 Å². The van der Waals surface area contributed by atoms with E-state index < -0.39 is 26.2 Å². The van der Waals surface area contributed by atoms with Gasteiger partial charge in [-0.1, -0.05) is 6.07 Å². The lowest BCUT2D eigenvalue weighted by atomic mass is 10.2. The average Bonchev–Trinajstić information content (AvgIpc) is 2.15. The van der Waals surface area contributed by atoms with Crippen LogP contribution in [0.25, 0.3) is 0 Å². The maximum Gasteiger partial charge on any atom is 0.280 e. The summed E-state index contributed by atoms with van der Waals surface area (Å²) in [4.78, 5) is 3.26. The first kappa shape index (κ1) is 12.3. The van der Waals surface area contributed by atoms with Crippen molar-refractivity contribution in [3.05, 3.63) is 23.4 Å². The molecule has 0 unspecified atom stereocenters. The smallest absolute Gasteiger partial charge is 0.280 e. The third kappa shape index (κ3) is 2.83. The molecule has 0 saturated heterocycles. The molecule has 0 atom stereocenters. The van der Waals surface area contributed by atoms with Gasteiger partial charge in [0.25, 0.3) is 15.5 Å². The fourth-order valence-electron chi connectivity index (χ4n) is 0.982. The Kier molecular flexibility index (Phi) is 3.58. The quantitative estimate of drug-likeness (QED) is 0.830. The molecule has 0 aliphatic heterocycles. The van der Waals surface area contributed by atoms with Crippen LogP contribution in [0.1, 0.15) is 17.7 Å².